The number of amides is 1. The van der Waals surface area contributed by atoms with Gasteiger partial charge in [0.15, 0.2) is 0 Å². The first-order chi connectivity index (χ1) is 7.74. The highest BCUT2D eigenvalue weighted by molar-refractivity contribution is 5.80. The van der Waals surface area contributed by atoms with E-state index in [4.69, 9.17) is 9.84 Å². The second kappa shape index (κ2) is 4.97. The molecule has 2 bridgehead atoms. The Morgan fingerprint density at radius 1 is 1.56 bits per heavy atom. The van der Waals surface area contributed by atoms with E-state index in [-0.39, 0.29) is 24.5 Å². The smallest absolute Gasteiger partial charge is 0.224 e. The molecule has 2 N–H and O–H groups in total. The summed E-state index contributed by atoms with van der Waals surface area (Å²) in [6.07, 6.45) is 6.44. The van der Waals surface area contributed by atoms with Crippen LogP contribution >= 0.6 is 0 Å². The molecule has 0 aliphatic heterocycles. The Bertz CT molecular complexity index is 290. The van der Waals surface area contributed by atoms with Gasteiger partial charge in [-0.25, -0.2) is 0 Å². The van der Waals surface area contributed by atoms with Gasteiger partial charge in [-0.1, -0.05) is 12.2 Å². The monoisotopic (exact) mass is 225 g/mol. The largest absolute Gasteiger partial charge is 0.394 e. The molecule has 2 aliphatic carbocycles. The first-order valence-corrected chi connectivity index (χ1v) is 5.83. The van der Waals surface area contributed by atoms with E-state index in [1.807, 2.05) is 0 Å². The van der Waals surface area contributed by atoms with Crippen LogP contribution in [0.15, 0.2) is 12.2 Å². The molecule has 0 heterocycles. The van der Waals surface area contributed by atoms with E-state index < -0.39 is 0 Å². The molecule has 4 atom stereocenters. The Hall–Kier alpha value is -0.870. The topological polar surface area (TPSA) is 58.6 Å². The maximum atomic E-state index is 12.0. The molecule has 2 aliphatic rings. The zero-order chi connectivity index (χ0) is 11.5. The third-order valence-electron chi connectivity index (χ3n) is 3.55. The predicted molar refractivity (Wildman–Crippen MR) is 59.7 cm³/mol. The molecular weight excluding hydrogens is 206 g/mol. The van der Waals surface area contributed by atoms with E-state index in [1.54, 1.807) is 7.11 Å². The molecule has 0 radical (unpaired) electrons. The summed E-state index contributed by atoms with van der Waals surface area (Å²) in [6, 6.07) is -0.277. The standard InChI is InChI=1S/C12H19NO3/c1-16-7-10(6-14)13-12(15)11-5-8-2-3-9(11)4-8/h2-3,8-11,14H,4-7H2,1H3,(H,13,15). The molecule has 0 spiro atoms. The van der Waals surface area contributed by atoms with Crippen molar-refractivity contribution in [2.75, 3.05) is 20.3 Å². The average Bonchev–Trinajstić information content (AvgIpc) is 2.89. The van der Waals surface area contributed by atoms with Gasteiger partial charge in [-0.2, -0.15) is 0 Å². The van der Waals surface area contributed by atoms with Crippen molar-refractivity contribution < 1.29 is 14.6 Å². The SMILES string of the molecule is COCC(CO)NC(=O)C1CC2C=CC1C2. The number of hydrogen-bond acceptors (Lipinski definition) is 3. The highest BCUT2D eigenvalue weighted by Crippen LogP contribution is 2.43. The summed E-state index contributed by atoms with van der Waals surface area (Å²) in [7, 11) is 1.56. The maximum absolute atomic E-state index is 12.0. The predicted octanol–water partition coefficient (Wildman–Crippen LogP) is 0.322. The maximum Gasteiger partial charge on any atom is 0.224 e. The second-order valence-electron chi connectivity index (χ2n) is 4.73. The molecule has 1 saturated carbocycles. The summed E-state index contributed by atoms with van der Waals surface area (Å²) in [5.41, 5.74) is 0. The minimum atomic E-state index is -0.277. The van der Waals surface area contributed by atoms with Crippen LogP contribution in [0, 0.1) is 17.8 Å². The lowest BCUT2D eigenvalue weighted by molar-refractivity contribution is -0.127. The van der Waals surface area contributed by atoms with Crippen molar-refractivity contribution in [3.8, 4) is 0 Å². The van der Waals surface area contributed by atoms with Gasteiger partial charge < -0.3 is 15.2 Å². The second-order valence-corrected chi connectivity index (χ2v) is 4.73. The molecule has 4 unspecified atom stereocenters. The minimum absolute atomic E-state index is 0.0629. The van der Waals surface area contributed by atoms with Crippen molar-refractivity contribution in [1.82, 2.24) is 5.32 Å². The third kappa shape index (κ3) is 2.28. The summed E-state index contributed by atoms with van der Waals surface area (Å²) in [5.74, 6) is 1.16. The third-order valence-corrected chi connectivity index (χ3v) is 3.55. The molecule has 4 heteroatoms. The van der Waals surface area contributed by atoms with Gasteiger partial charge in [0.05, 0.1) is 19.3 Å². The van der Waals surface area contributed by atoms with E-state index in [9.17, 15) is 4.79 Å². The molecule has 0 aromatic rings. The highest BCUT2D eigenvalue weighted by Gasteiger charge is 2.40. The van der Waals surface area contributed by atoms with E-state index in [0.29, 0.717) is 18.4 Å². The van der Waals surface area contributed by atoms with E-state index in [1.165, 1.54) is 0 Å². The Labute approximate surface area is 95.7 Å². The van der Waals surface area contributed by atoms with Crippen LogP contribution in [-0.4, -0.2) is 37.4 Å². The fraction of sp³-hybridized carbons (Fsp3) is 0.750. The van der Waals surface area contributed by atoms with Crippen LogP contribution in [0.5, 0.6) is 0 Å². The fourth-order valence-electron chi connectivity index (χ4n) is 2.73. The van der Waals surface area contributed by atoms with Crippen molar-refractivity contribution in [2.24, 2.45) is 17.8 Å². The summed E-state index contributed by atoms with van der Waals surface area (Å²) in [4.78, 5) is 12.0. The van der Waals surface area contributed by atoms with Crippen molar-refractivity contribution in [2.45, 2.75) is 18.9 Å². The van der Waals surface area contributed by atoms with E-state index in [0.717, 1.165) is 12.8 Å². The zero-order valence-electron chi connectivity index (χ0n) is 9.56. The number of hydrogen-bond donors (Lipinski definition) is 2. The molecule has 0 saturated heterocycles. The molecule has 2 rings (SSSR count). The van der Waals surface area contributed by atoms with Gasteiger partial charge in [-0.3, -0.25) is 4.79 Å². The summed E-state index contributed by atoms with van der Waals surface area (Å²) < 4.78 is 4.93. The Kier molecular flexibility index (Phi) is 3.61. The number of fused-ring (bicyclic) bond motifs is 2. The lowest BCUT2D eigenvalue weighted by Crippen LogP contribution is -2.44. The summed E-state index contributed by atoms with van der Waals surface area (Å²) in [6.45, 7) is 0.287. The molecular formula is C12H19NO3. The van der Waals surface area contributed by atoms with Gasteiger partial charge in [-0.15, -0.1) is 0 Å². The highest BCUT2D eigenvalue weighted by atomic mass is 16.5. The summed E-state index contributed by atoms with van der Waals surface area (Å²) in [5, 5.41) is 11.9. The van der Waals surface area contributed by atoms with Gasteiger partial charge in [0, 0.05) is 13.0 Å². The normalized spacial score (nSPS) is 33.0. The Morgan fingerprint density at radius 3 is 2.88 bits per heavy atom. The van der Waals surface area contributed by atoms with Gasteiger partial charge in [-0.05, 0) is 24.7 Å². The van der Waals surface area contributed by atoms with Gasteiger partial charge >= 0.3 is 0 Å². The van der Waals surface area contributed by atoms with E-state index in [2.05, 4.69) is 17.5 Å². The molecule has 0 aromatic heterocycles. The molecule has 1 amide bonds. The Balaban J connectivity index is 1.86. The first kappa shape index (κ1) is 11.6. The fourth-order valence-corrected chi connectivity index (χ4v) is 2.73. The number of allylic oxidation sites excluding steroid dienone is 2. The number of nitrogens with one attached hydrogen (secondary N) is 1. The van der Waals surface area contributed by atoms with E-state index >= 15 is 0 Å². The Morgan fingerprint density at radius 2 is 2.38 bits per heavy atom. The number of carbonyl (C=O) groups excluding carboxylic acids is 1. The van der Waals surface area contributed by atoms with Crippen molar-refractivity contribution in [3.05, 3.63) is 12.2 Å². The number of rotatable bonds is 5. The van der Waals surface area contributed by atoms with Crippen molar-refractivity contribution >= 4 is 5.91 Å². The quantitative estimate of drug-likeness (QED) is 0.663. The lowest BCUT2D eigenvalue weighted by Gasteiger charge is -2.21. The summed E-state index contributed by atoms with van der Waals surface area (Å²) >= 11 is 0. The number of methoxy groups -OCH3 is 1. The minimum Gasteiger partial charge on any atom is -0.394 e. The van der Waals surface area contributed by atoms with Gasteiger partial charge in [0.25, 0.3) is 0 Å². The molecule has 1 fully saturated rings. The van der Waals surface area contributed by atoms with Gasteiger partial charge in [0.1, 0.15) is 0 Å². The van der Waals surface area contributed by atoms with Crippen LogP contribution in [-0.2, 0) is 9.53 Å². The number of aliphatic hydroxyl groups excluding tert-OH is 1. The molecule has 0 aromatic carbocycles. The number of carbonyl (C=O) groups is 1. The van der Waals surface area contributed by atoms with Crippen molar-refractivity contribution in [1.29, 1.82) is 0 Å². The van der Waals surface area contributed by atoms with Crippen LogP contribution in [0.4, 0.5) is 0 Å². The number of ether oxygens (including phenoxy) is 1. The number of aliphatic hydroxyl groups is 1. The van der Waals surface area contributed by atoms with Gasteiger partial charge in [0.2, 0.25) is 5.91 Å². The van der Waals surface area contributed by atoms with Crippen LogP contribution < -0.4 is 5.32 Å². The lowest BCUT2D eigenvalue weighted by atomic mass is 9.92. The molecule has 90 valence electrons. The van der Waals surface area contributed by atoms with Crippen LogP contribution in [0.1, 0.15) is 12.8 Å². The zero-order valence-corrected chi connectivity index (χ0v) is 9.56. The van der Waals surface area contributed by atoms with Crippen LogP contribution in [0.3, 0.4) is 0 Å². The molecule has 4 nitrogen and oxygen atoms in total. The van der Waals surface area contributed by atoms with Crippen LogP contribution in [0.25, 0.3) is 0 Å². The first-order valence-electron chi connectivity index (χ1n) is 5.83. The van der Waals surface area contributed by atoms with Crippen LogP contribution in [0.2, 0.25) is 0 Å². The average molecular weight is 225 g/mol. The molecule has 16 heavy (non-hydrogen) atoms. The van der Waals surface area contributed by atoms with Crippen molar-refractivity contribution in [3.63, 3.8) is 0 Å².